The number of carboxylic acid groups (broad SMARTS) is 1. The van der Waals surface area contributed by atoms with Crippen LogP contribution >= 0.6 is 7.82 Å². The Bertz CT molecular complexity index is 966. The summed E-state index contributed by atoms with van der Waals surface area (Å²) in [6, 6.07) is -1.47. The number of hydrogen-bond acceptors (Lipinski definition) is 8. The SMILES string of the molecule is CCCC/C=C\CCCCCCCC(=O)OC(COCCCCCCCCCCCCCCCCCCCCCCCCCC)COP(=O)(O)OCC(N)C(=O)O. The van der Waals surface area contributed by atoms with E-state index in [-0.39, 0.29) is 13.0 Å². The zero-order valence-corrected chi connectivity index (χ0v) is 37.9. The number of carbonyl (C=O) groups excluding carboxylic acids is 1. The fraction of sp³-hybridized carbons (Fsp3) is 0.913. The Hall–Kier alpha value is -1.29. The maximum atomic E-state index is 12.6. The third-order valence-electron chi connectivity index (χ3n) is 10.5. The van der Waals surface area contributed by atoms with Gasteiger partial charge in [-0.25, -0.2) is 4.57 Å². The van der Waals surface area contributed by atoms with E-state index in [1.54, 1.807) is 0 Å². The highest BCUT2D eigenvalue weighted by atomic mass is 31.2. The molecule has 0 saturated carbocycles. The lowest BCUT2D eigenvalue weighted by Gasteiger charge is -2.20. The van der Waals surface area contributed by atoms with E-state index in [0.29, 0.717) is 13.0 Å². The summed E-state index contributed by atoms with van der Waals surface area (Å²) in [5.74, 6) is -1.78. The molecule has 11 heteroatoms. The summed E-state index contributed by atoms with van der Waals surface area (Å²) in [7, 11) is -4.61. The third kappa shape index (κ3) is 42.6. The highest BCUT2D eigenvalue weighted by Crippen LogP contribution is 2.43. The standard InChI is InChI=1S/C46H90NO9P/c1-3-5-7-9-11-13-15-16-17-18-19-20-21-22-23-24-25-26-27-29-31-33-35-37-39-53-40-43(41-54-57(51,52)55-42-44(47)46(49)50)56-45(48)38-36-34-32-30-28-14-12-10-8-6-4-2/h10,12,43-44H,3-9,11,13-42,47H2,1-2H3,(H,49,50)(H,51,52)/b12-10-. The second kappa shape index (κ2) is 42.8. The highest BCUT2D eigenvalue weighted by Gasteiger charge is 2.27. The van der Waals surface area contributed by atoms with Gasteiger partial charge in [0.25, 0.3) is 0 Å². The van der Waals surface area contributed by atoms with Crippen LogP contribution in [0.2, 0.25) is 0 Å². The number of aliphatic carboxylic acids is 1. The predicted octanol–water partition coefficient (Wildman–Crippen LogP) is 13.3. The maximum absolute atomic E-state index is 12.6. The lowest BCUT2D eigenvalue weighted by molar-refractivity contribution is -0.154. The number of hydrogen-bond donors (Lipinski definition) is 3. The van der Waals surface area contributed by atoms with Gasteiger partial charge in [0.1, 0.15) is 12.1 Å². The van der Waals surface area contributed by atoms with Crippen LogP contribution in [0.1, 0.15) is 232 Å². The number of nitrogens with two attached hydrogens (primary N) is 1. The summed E-state index contributed by atoms with van der Waals surface area (Å²) >= 11 is 0. The van der Waals surface area contributed by atoms with Crippen molar-refractivity contribution in [2.45, 2.75) is 244 Å². The van der Waals surface area contributed by atoms with Crippen LogP contribution in [0.5, 0.6) is 0 Å². The monoisotopic (exact) mass is 832 g/mol. The van der Waals surface area contributed by atoms with E-state index in [1.165, 1.54) is 148 Å². The quantitative estimate of drug-likeness (QED) is 0.0234. The summed E-state index contributed by atoms with van der Waals surface area (Å²) in [6.07, 6.45) is 45.7. The second-order valence-corrected chi connectivity index (χ2v) is 17.7. The first-order valence-corrected chi connectivity index (χ1v) is 25.2. The van der Waals surface area contributed by atoms with E-state index < -0.39 is 45.1 Å². The highest BCUT2D eigenvalue weighted by molar-refractivity contribution is 7.47. The Balaban J connectivity index is 4.02. The van der Waals surface area contributed by atoms with E-state index >= 15 is 0 Å². The van der Waals surface area contributed by atoms with Crippen molar-refractivity contribution in [2.75, 3.05) is 26.4 Å². The smallest absolute Gasteiger partial charge is 0.472 e. The minimum atomic E-state index is -4.61. The van der Waals surface area contributed by atoms with Gasteiger partial charge in [-0.3, -0.25) is 18.6 Å². The molecule has 0 bridgehead atoms. The van der Waals surface area contributed by atoms with Crippen LogP contribution in [0.4, 0.5) is 0 Å². The Kier molecular flexibility index (Phi) is 41.9. The van der Waals surface area contributed by atoms with Crippen LogP contribution in [0, 0.1) is 0 Å². The van der Waals surface area contributed by atoms with Crippen molar-refractivity contribution >= 4 is 19.8 Å². The molecule has 0 rings (SSSR count). The van der Waals surface area contributed by atoms with Gasteiger partial charge in [0.15, 0.2) is 0 Å². The van der Waals surface area contributed by atoms with Crippen molar-refractivity contribution in [1.29, 1.82) is 0 Å². The molecule has 338 valence electrons. The van der Waals surface area contributed by atoms with Gasteiger partial charge >= 0.3 is 19.8 Å². The number of ether oxygens (including phenoxy) is 2. The fourth-order valence-electron chi connectivity index (χ4n) is 6.82. The predicted molar refractivity (Wildman–Crippen MR) is 236 cm³/mol. The van der Waals surface area contributed by atoms with Crippen molar-refractivity contribution in [2.24, 2.45) is 5.73 Å². The van der Waals surface area contributed by atoms with Crippen molar-refractivity contribution in [3.05, 3.63) is 12.2 Å². The zero-order valence-electron chi connectivity index (χ0n) is 37.0. The minimum Gasteiger partial charge on any atom is -0.480 e. The number of carboxylic acids is 1. The van der Waals surface area contributed by atoms with Gasteiger partial charge in [0.2, 0.25) is 0 Å². The van der Waals surface area contributed by atoms with Gasteiger partial charge < -0.3 is 25.2 Å². The number of allylic oxidation sites excluding steroid dienone is 2. The number of carbonyl (C=O) groups is 2. The summed E-state index contributed by atoms with van der Waals surface area (Å²) in [6.45, 7) is 3.87. The Morgan fingerprint density at radius 1 is 0.544 bits per heavy atom. The molecule has 0 aromatic rings. The molecule has 0 heterocycles. The molecule has 57 heavy (non-hydrogen) atoms. The lowest BCUT2D eigenvalue weighted by atomic mass is 10.0. The second-order valence-electron chi connectivity index (χ2n) is 16.2. The van der Waals surface area contributed by atoms with Crippen molar-refractivity contribution in [3.63, 3.8) is 0 Å². The molecule has 10 nitrogen and oxygen atoms in total. The summed E-state index contributed by atoms with van der Waals surface area (Å²) in [5.41, 5.74) is 5.36. The molecule has 3 unspecified atom stereocenters. The van der Waals surface area contributed by atoms with E-state index in [2.05, 4.69) is 26.0 Å². The summed E-state index contributed by atoms with van der Waals surface area (Å²) < 4.78 is 33.4. The maximum Gasteiger partial charge on any atom is 0.472 e. The molecular formula is C46H90NO9P. The molecule has 0 aliphatic rings. The van der Waals surface area contributed by atoms with Gasteiger partial charge in [-0.15, -0.1) is 0 Å². The number of esters is 1. The largest absolute Gasteiger partial charge is 0.480 e. The molecule has 0 fully saturated rings. The fourth-order valence-corrected chi connectivity index (χ4v) is 7.60. The summed E-state index contributed by atoms with van der Waals surface area (Å²) in [5, 5.41) is 8.89. The van der Waals surface area contributed by atoms with Crippen LogP contribution < -0.4 is 5.73 Å². The van der Waals surface area contributed by atoms with Crippen molar-refractivity contribution in [1.82, 2.24) is 0 Å². The van der Waals surface area contributed by atoms with Crippen molar-refractivity contribution in [3.8, 4) is 0 Å². The first-order chi connectivity index (χ1) is 27.7. The lowest BCUT2D eigenvalue weighted by Crippen LogP contribution is -2.34. The van der Waals surface area contributed by atoms with E-state index in [4.69, 9.17) is 29.4 Å². The average Bonchev–Trinajstić information content (AvgIpc) is 3.19. The molecule has 0 aromatic carbocycles. The van der Waals surface area contributed by atoms with Crippen LogP contribution in [0.15, 0.2) is 12.2 Å². The Morgan fingerprint density at radius 3 is 1.39 bits per heavy atom. The first kappa shape index (κ1) is 55.7. The molecule has 0 aliphatic heterocycles. The molecular weight excluding hydrogens is 741 g/mol. The molecule has 0 saturated heterocycles. The van der Waals surface area contributed by atoms with Gasteiger partial charge in [0, 0.05) is 13.0 Å². The normalized spacial score (nSPS) is 13.9. The van der Waals surface area contributed by atoms with Gasteiger partial charge in [0.05, 0.1) is 19.8 Å². The van der Waals surface area contributed by atoms with Crippen LogP contribution in [0.25, 0.3) is 0 Å². The Labute approximate surface area is 350 Å². The molecule has 0 amide bonds. The van der Waals surface area contributed by atoms with Crippen molar-refractivity contribution < 1.29 is 42.7 Å². The van der Waals surface area contributed by atoms with Crippen LogP contribution in [-0.4, -0.2) is 60.5 Å². The van der Waals surface area contributed by atoms with E-state index in [1.807, 2.05) is 0 Å². The topological polar surface area (TPSA) is 155 Å². The molecule has 4 N–H and O–H groups in total. The molecule has 0 aromatic heterocycles. The molecule has 0 spiro atoms. The Morgan fingerprint density at radius 2 is 0.930 bits per heavy atom. The van der Waals surface area contributed by atoms with Crippen LogP contribution in [-0.2, 0) is 32.7 Å². The van der Waals surface area contributed by atoms with E-state index in [0.717, 1.165) is 57.8 Å². The zero-order chi connectivity index (χ0) is 41.9. The summed E-state index contributed by atoms with van der Waals surface area (Å²) in [4.78, 5) is 33.5. The number of unbranched alkanes of at least 4 members (excludes halogenated alkanes) is 30. The minimum absolute atomic E-state index is 0.0194. The van der Waals surface area contributed by atoms with Gasteiger partial charge in [-0.1, -0.05) is 206 Å². The molecule has 3 atom stereocenters. The number of phosphoric ester groups is 1. The third-order valence-corrected chi connectivity index (χ3v) is 11.5. The molecule has 0 aliphatic carbocycles. The van der Waals surface area contributed by atoms with Gasteiger partial charge in [-0.05, 0) is 32.1 Å². The number of rotatable bonds is 46. The van der Waals surface area contributed by atoms with E-state index in [9.17, 15) is 19.0 Å². The van der Waals surface area contributed by atoms with Crippen LogP contribution in [0.3, 0.4) is 0 Å². The van der Waals surface area contributed by atoms with Gasteiger partial charge in [-0.2, -0.15) is 0 Å². The molecule has 0 radical (unpaired) electrons. The number of phosphoric acid groups is 1. The first-order valence-electron chi connectivity index (χ1n) is 23.7. The average molecular weight is 832 g/mol.